The number of hydrogen-bond acceptors (Lipinski definition) is 5. The second kappa shape index (κ2) is 7.82. The number of amides is 1. The van der Waals surface area contributed by atoms with Crippen molar-refractivity contribution < 1.29 is 9.90 Å². The number of nitrogens with zero attached hydrogens (tertiary/aromatic N) is 3. The van der Waals surface area contributed by atoms with E-state index in [1.54, 1.807) is 11.3 Å². The van der Waals surface area contributed by atoms with E-state index in [4.69, 9.17) is 0 Å². The van der Waals surface area contributed by atoms with Gasteiger partial charge >= 0.3 is 0 Å². The number of hydrogen-bond donors (Lipinski definition) is 1. The van der Waals surface area contributed by atoms with Gasteiger partial charge in [-0.1, -0.05) is 0 Å². The van der Waals surface area contributed by atoms with Crippen LogP contribution in [-0.2, 0) is 0 Å². The lowest BCUT2D eigenvalue weighted by Gasteiger charge is -2.49. The number of piperidine rings is 1. The van der Waals surface area contributed by atoms with Crippen LogP contribution in [0.25, 0.3) is 0 Å². The molecule has 0 aromatic carbocycles. The minimum absolute atomic E-state index is 0.188. The Kier molecular flexibility index (Phi) is 5.61. The van der Waals surface area contributed by atoms with Gasteiger partial charge in [0.2, 0.25) is 0 Å². The van der Waals surface area contributed by atoms with Crippen molar-refractivity contribution in [2.24, 2.45) is 5.41 Å². The topological polar surface area (TPSA) is 47.0 Å². The maximum atomic E-state index is 12.6. The van der Waals surface area contributed by atoms with Gasteiger partial charge in [-0.05, 0) is 62.4 Å². The summed E-state index contributed by atoms with van der Waals surface area (Å²) in [5, 5.41) is 15.1. The fourth-order valence-corrected chi connectivity index (χ4v) is 5.71. The highest BCUT2D eigenvalue weighted by Gasteiger charge is 2.44. The molecule has 4 rings (SSSR count). The van der Waals surface area contributed by atoms with Crippen LogP contribution in [0.3, 0.4) is 0 Å². The molecule has 3 fully saturated rings. The Morgan fingerprint density at radius 2 is 1.70 bits per heavy atom. The molecule has 6 heteroatoms. The van der Waals surface area contributed by atoms with Crippen molar-refractivity contribution in [3.63, 3.8) is 0 Å². The van der Waals surface area contributed by atoms with Crippen molar-refractivity contribution in [1.82, 2.24) is 14.7 Å². The third-order valence-electron chi connectivity index (χ3n) is 7.23. The van der Waals surface area contributed by atoms with Gasteiger partial charge in [0.1, 0.15) is 0 Å². The molecule has 1 N–H and O–H groups in total. The maximum Gasteiger partial charge on any atom is 0.254 e. The van der Waals surface area contributed by atoms with Crippen LogP contribution in [0.5, 0.6) is 0 Å². The standard InChI is InChI=1S/C21H33N3O2S/c1-22-11-13-23(14-12-22)17-21(26)5-3-20(4-6-21)7-9-24(10-8-20)19(25)18-2-15-27-16-18/h2,15-16,26H,3-14,17H2,1H3. The van der Waals surface area contributed by atoms with Crippen LogP contribution in [0.15, 0.2) is 16.8 Å². The molecule has 0 atom stereocenters. The van der Waals surface area contributed by atoms with E-state index in [-0.39, 0.29) is 5.91 Å². The average molecular weight is 392 g/mol. The lowest BCUT2D eigenvalue weighted by atomic mass is 9.64. The summed E-state index contributed by atoms with van der Waals surface area (Å²) in [7, 11) is 2.17. The molecular weight excluding hydrogens is 358 g/mol. The van der Waals surface area contributed by atoms with Crippen molar-refractivity contribution in [1.29, 1.82) is 0 Å². The number of carbonyl (C=O) groups is 1. The summed E-state index contributed by atoms with van der Waals surface area (Å²) >= 11 is 1.59. The Balaban J connectivity index is 1.27. The number of likely N-dealkylation sites (N-methyl/N-ethyl adjacent to an activating group) is 1. The van der Waals surface area contributed by atoms with E-state index >= 15 is 0 Å². The largest absolute Gasteiger partial charge is 0.389 e. The van der Waals surface area contributed by atoms with Crippen LogP contribution in [0, 0.1) is 5.41 Å². The zero-order valence-corrected chi connectivity index (χ0v) is 17.3. The summed E-state index contributed by atoms with van der Waals surface area (Å²) < 4.78 is 0. The highest BCUT2D eigenvalue weighted by molar-refractivity contribution is 7.08. The number of β-amino-alcohol motifs (C(OH)–C–C–N with tert-alkyl or cyclic N) is 1. The molecular formula is C21H33N3O2S. The van der Waals surface area contributed by atoms with E-state index < -0.39 is 5.60 Å². The first-order chi connectivity index (χ1) is 13.0. The van der Waals surface area contributed by atoms with Crippen molar-refractivity contribution in [2.45, 2.75) is 44.1 Å². The van der Waals surface area contributed by atoms with E-state index in [0.29, 0.717) is 5.41 Å². The average Bonchev–Trinajstić information content (AvgIpc) is 3.22. The number of piperazine rings is 1. The normalized spacial score (nSPS) is 26.4. The second-order valence-electron chi connectivity index (χ2n) is 9.11. The third-order valence-corrected chi connectivity index (χ3v) is 7.92. The van der Waals surface area contributed by atoms with Crippen molar-refractivity contribution in [2.75, 3.05) is 52.9 Å². The Labute approximate surface area is 166 Å². The predicted octanol–water partition coefficient (Wildman–Crippen LogP) is 2.52. The molecule has 5 nitrogen and oxygen atoms in total. The summed E-state index contributed by atoms with van der Waals surface area (Å²) in [6.45, 7) is 6.92. The van der Waals surface area contributed by atoms with Gasteiger partial charge in [0.25, 0.3) is 5.91 Å². The number of likely N-dealkylation sites (tertiary alicyclic amines) is 1. The lowest BCUT2D eigenvalue weighted by Crippen LogP contribution is -2.54. The number of aliphatic hydroxyl groups is 1. The fraction of sp³-hybridized carbons (Fsp3) is 0.762. The first kappa shape index (κ1) is 19.4. The summed E-state index contributed by atoms with van der Waals surface area (Å²) in [4.78, 5) is 19.4. The molecule has 1 spiro atoms. The molecule has 0 bridgehead atoms. The molecule has 1 aromatic rings. The maximum absolute atomic E-state index is 12.6. The van der Waals surface area contributed by atoms with Crippen LogP contribution in [-0.4, -0.2) is 84.2 Å². The minimum Gasteiger partial charge on any atom is -0.389 e. The van der Waals surface area contributed by atoms with E-state index in [1.165, 1.54) is 0 Å². The Bertz CT molecular complexity index is 622. The Hall–Kier alpha value is -0.950. The molecule has 1 aliphatic carbocycles. The highest BCUT2D eigenvalue weighted by atomic mass is 32.1. The monoisotopic (exact) mass is 391 g/mol. The first-order valence-corrected chi connectivity index (χ1v) is 11.4. The Morgan fingerprint density at radius 1 is 1.04 bits per heavy atom. The molecule has 27 heavy (non-hydrogen) atoms. The Morgan fingerprint density at radius 3 is 2.30 bits per heavy atom. The van der Waals surface area contributed by atoms with Gasteiger partial charge in [0.05, 0.1) is 11.2 Å². The zero-order chi connectivity index (χ0) is 18.9. The molecule has 150 valence electrons. The molecule has 1 saturated carbocycles. The van der Waals surface area contributed by atoms with Gasteiger partial charge in [-0.2, -0.15) is 11.3 Å². The molecule has 2 saturated heterocycles. The van der Waals surface area contributed by atoms with Crippen LogP contribution >= 0.6 is 11.3 Å². The van der Waals surface area contributed by atoms with Crippen LogP contribution in [0.1, 0.15) is 48.9 Å². The molecule has 0 radical (unpaired) electrons. The summed E-state index contributed by atoms with van der Waals surface area (Å²) in [5.41, 5.74) is 0.672. The minimum atomic E-state index is -0.509. The van der Waals surface area contributed by atoms with Crippen molar-refractivity contribution in [3.8, 4) is 0 Å². The summed E-state index contributed by atoms with van der Waals surface area (Å²) in [5.74, 6) is 0.188. The smallest absolute Gasteiger partial charge is 0.254 e. The van der Waals surface area contributed by atoms with Crippen LogP contribution in [0.4, 0.5) is 0 Å². The number of carbonyl (C=O) groups excluding carboxylic acids is 1. The van der Waals surface area contributed by atoms with Gasteiger partial charge in [-0.25, -0.2) is 0 Å². The van der Waals surface area contributed by atoms with Crippen LogP contribution < -0.4 is 0 Å². The first-order valence-electron chi connectivity index (χ1n) is 10.4. The zero-order valence-electron chi connectivity index (χ0n) is 16.5. The van der Waals surface area contributed by atoms with Gasteiger partial charge in [-0.3, -0.25) is 9.69 Å². The molecule has 3 aliphatic rings. The predicted molar refractivity (Wildman–Crippen MR) is 109 cm³/mol. The molecule has 0 unspecified atom stereocenters. The molecule has 1 amide bonds. The van der Waals surface area contributed by atoms with Crippen molar-refractivity contribution in [3.05, 3.63) is 22.4 Å². The highest BCUT2D eigenvalue weighted by Crippen LogP contribution is 2.47. The van der Waals surface area contributed by atoms with E-state index in [0.717, 1.165) is 89.9 Å². The SMILES string of the molecule is CN1CCN(CC2(O)CCC3(CCN(C(=O)c4ccsc4)CC3)CC2)CC1. The lowest BCUT2D eigenvalue weighted by molar-refractivity contribution is -0.0718. The third kappa shape index (κ3) is 4.39. The summed E-state index contributed by atoms with van der Waals surface area (Å²) in [6, 6.07) is 1.93. The summed E-state index contributed by atoms with van der Waals surface area (Å²) in [6.07, 6.45) is 6.23. The van der Waals surface area contributed by atoms with Crippen molar-refractivity contribution >= 4 is 17.2 Å². The van der Waals surface area contributed by atoms with Crippen LogP contribution in [0.2, 0.25) is 0 Å². The molecule has 2 aliphatic heterocycles. The number of rotatable bonds is 3. The second-order valence-corrected chi connectivity index (χ2v) is 9.89. The van der Waals surface area contributed by atoms with Gasteiger partial charge in [0.15, 0.2) is 0 Å². The quantitative estimate of drug-likeness (QED) is 0.860. The van der Waals surface area contributed by atoms with E-state index in [9.17, 15) is 9.90 Å². The van der Waals surface area contributed by atoms with E-state index in [1.807, 2.05) is 21.7 Å². The molecule has 3 heterocycles. The van der Waals surface area contributed by atoms with Gasteiger partial charge in [0, 0.05) is 51.2 Å². The fourth-order valence-electron chi connectivity index (χ4n) is 5.08. The number of thiophene rings is 1. The van der Waals surface area contributed by atoms with E-state index in [2.05, 4.69) is 16.8 Å². The molecule has 1 aromatic heterocycles. The van der Waals surface area contributed by atoms with Gasteiger partial charge < -0.3 is 14.9 Å². The van der Waals surface area contributed by atoms with Gasteiger partial charge in [-0.15, -0.1) is 0 Å².